The van der Waals surface area contributed by atoms with E-state index in [1.165, 1.54) is 12.8 Å². The molecule has 1 atom stereocenters. The highest BCUT2D eigenvalue weighted by Crippen LogP contribution is 2.17. The Morgan fingerprint density at radius 3 is 2.86 bits per heavy atom. The van der Waals surface area contributed by atoms with E-state index in [2.05, 4.69) is 16.7 Å². The van der Waals surface area contributed by atoms with Crippen LogP contribution in [0.2, 0.25) is 0 Å². The van der Waals surface area contributed by atoms with Crippen LogP contribution >= 0.6 is 0 Å². The van der Waals surface area contributed by atoms with Crippen LogP contribution in [0.5, 0.6) is 0 Å². The van der Waals surface area contributed by atoms with Crippen molar-refractivity contribution in [2.75, 3.05) is 31.5 Å². The number of hydrogen-bond acceptors (Lipinski definition) is 3. The van der Waals surface area contributed by atoms with Gasteiger partial charge in [-0.15, -0.1) is 0 Å². The van der Waals surface area contributed by atoms with Crippen LogP contribution in [-0.4, -0.2) is 43.0 Å². The summed E-state index contributed by atoms with van der Waals surface area (Å²) in [6.45, 7) is 7.71. The molecule has 1 saturated heterocycles. The van der Waals surface area contributed by atoms with Crippen LogP contribution in [0.25, 0.3) is 0 Å². The Balaban J connectivity index is 2.04. The largest absolute Gasteiger partial charge is 0.382 e. The fourth-order valence-corrected chi connectivity index (χ4v) is 2.83. The van der Waals surface area contributed by atoms with Crippen molar-refractivity contribution in [2.24, 2.45) is 0 Å². The molecule has 1 aromatic rings. The maximum absolute atomic E-state index is 12.4. The second kappa shape index (κ2) is 8.03. The molecule has 4 nitrogen and oxygen atoms in total. The van der Waals surface area contributed by atoms with E-state index in [0.717, 1.165) is 43.9 Å². The third-order valence-electron chi connectivity index (χ3n) is 4.11. The van der Waals surface area contributed by atoms with Crippen molar-refractivity contribution < 1.29 is 4.79 Å². The summed E-state index contributed by atoms with van der Waals surface area (Å²) < 4.78 is 0. The fraction of sp³-hybridized carbons (Fsp3) is 0.588. The molecule has 21 heavy (non-hydrogen) atoms. The molecule has 0 bridgehead atoms. The van der Waals surface area contributed by atoms with Crippen molar-refractivity contribution in [1.29, 1.82) is 0 Å². The lowest BCUT2D eigenvalue weighted by Gasteiger charge is -2.20. The standard InChI is InChI=1S/C17H27N3O/c1-3-20(4-2)17(21)14-7-5-8-16(13-14)19-15-9-6-11-18-12-10-15/h5,7-8,13,15,18-19H,3-4,6,9-12H2,1-2H3. The summed E-state index contributed by atoms with van der Waals surface area (Å²) in [5.74, 6) is 0.117. The van der Waals surface area contributed by atoms with Gasteiger partial charge in [-0.3, -0.25) is 4.79 Å². The summed E-state index contributed by atoms with van der Waals surface area (Å²) in [5.41, 5.74) is 1.83. The maximum Gasteiger partial charge on any atom is 0.253 e. The Bertz CT molecular complexity index is 449. The van der Waals surface area contributed by atoms with Gasteiger partial charge in [-0.1, -0.05) is 6.07 Å². The quantitative estimate of drug-likeness (QED) is 0.876. The summed E-state index contributed by atoms with van der Waals surface area (Å²) >= 11 is 0. The Hall–Kier alpha value is -1.55. The molecule has 1 aliphatic rings. The van der Waals surface area contributed by atoms with Crippen LogP contribution in [0.15, 0.2) is 24.3 Å². The predicted molar refractivity (Wildman–Crippen MR) is 87.8 cm³/mol. The second-order valence-corrected chi connectivity index (χ2v) is 5.58. The molecule has 0 aromatic heterocycles. The Morgan fingerprint density at radius 2 is 2.10 bits per heavy atom. The number of carbonyl (C=O) groups excluding carboxylic acids is 1. The monoisotopic (exact) mass is 289 g/mol. The van der Waals surface area contributed by atoms with Crippen molar-refractivity contribution in [3.8, 4) is 0 Å². The topological polar surface area (TPSA) is 44.4 Å². The normalized spacial score (nSPS) is 18.9. The number of anilines is 1. The van der Waals surface area contributed by atoms with Gasteiger partial charge < -0.3 is 15.5 Å². The molecule has 1 amide bonds. The zero-order valence-electron chi connectivity index (χ0n) is 13.2. The van der Waals surface area contributed by atoms with E-state index in [-0.39, 0.29) is 5.91 Å². The molecule has 1 unspecified atom stereocenters. The van der Waals surface area contributed by atoms with E-state index in [1.54, 1.807) is 0 Å². The minimum atomic E-state index is 0.117. The van der Waals surface area contributed by atoms with Gasteiger partial charge in [0.15, 0.2) is 0 Å². The molecule has 1 heterocycles. The van der Waals surface area contributed by atoms with Gasteiger partial charge in [0.1, 0.15) is 0 Å². The van der Waals surface area contributed by atoms with Gasteiger partial charge in [-0.2, -0.15) is 0 Å². The SMILES string of the molecule is CCN(CC)C(=O)c1cccc(NC2CCCNCC2)c1. The van der Waals surface area contributed by atoms with Crippen LogP contribution in [0.1, 0.15) is 43.5 Å². The first-order chi connectivity index (χ1) is 10.2. The molecule has 2 rings (SSSR count). The minimum Gasteiger partial charge on any atom is -0.382 e. The van der Waals surface area contributed by atoms with Gasteiger partial charge in [0.05, 0.1) is 0 Å². The zero-order valence-corrected chi connectivity index (χ0v) is 13.2. The van der Waals surface area contributed by atoms with Crippen molar-refractivity contribution >= 4 is 11.6 Å². The van der Waals surface area contributed by atoms with Gasteiger partial charge in [0.2, 0.25) is 0 Å². The predicted octanol–water partition coefficient (Wildman–Crippen LogP) is 2.72. The number of carbonyl (C=O) groups is 1. The molecular formula is C17H27N3O. The summed E-state index contributed by atoms with van der Waals surface area (Å²) in [7, 11) is 0. The third-order valence-corrected chi connectivity index (χ3v) is 4.11. The maximum atomic E-state index is 12.4. The number of rotatable bonds is 5. The van der Waals surface area contributed by atoms with Crippen LogP contribution < -0.4 is 10.6 Å². The Labute approximate surface area is 127 Å². The number of nitrogens with one attached hydrogen (secondary N) is 2. The molecule has 116 valence electrons. The van der Waals surface area contributed by atoms with Crippen molar-refractivity contribution in [1.82, 2.24) is 10.2 Å². The molecule has 1 aromatic carbocycles. The molecule has 0 spiro atoms. The lowest BCUT2D eigenvalue weighted by atomic mass is 10.1. The van der Waals surface area contributed by atoms with Crippen LogP contribution in [0.3, 0.4) is 0 Å². The fourth-order valence-electron chi connectivity index (χ4n) is 2.83. The highest BCUT2D eigenvalue weighted by atomic mass is 16.2. The number of nitrogens with zero attached hydrogens (tertiary/aromatic N) is 1. The van der Waals surface area contributed by atoms with E-state index in [0.29, 0.717) is 6.04 Å². The van der Waals surface area contributed by atoms with E-state index in [1.807, 2.05) is 36.9 Å². The van der Waals surface area contributed by atoms with E-state index in [4.69, 9.17) is 0 Å². The van der Waals surface area contributed by atoms with Crippen LogP contribution in [-0.2, 0) is 0 Å². The Kier molecular flexibility index (Phi) is 6.05. The molecule has 0 saturated carbocycles. The summed E-state index contributed by atoms with van der Waals surface area (Å²) in [4.78, 5) is 14.3. The van der Waals surface area contributed by atoms with E-state index < -0.39 is 0 Å². The lowest BCUT2D eigenvalue weighted by molar-refractivity contribution is 0.0773. The highest BCUT2D eigenvalue weighted by molar-refractivity contribution is 5.95. The molecule has 4 heteroatoms. The summed E-state index contributed by atoms with van der Waals surface area (Å²) in [6.07, 6.45) is 3.52. The van der Waals surface area contributed by atoms with Crippen molar-refractivity contribution in [3.63, 3.8) is 0 Å². The third kappa shape index (κ3) is 4.46. The molecule has 2 N–H and O–H groups in total. The number of amides is 1. The van der Waals surface area contributed by atoms with E-state index in [9.17, 15) is 4.79 Å². The summed E-state index contributed by atoms with van der Waals surface area (Å²) in [5, 5.41) is 7.00. The molecule has 0 radical (unpaired) electrons. The summed E-state index contributed by atoms with van der Waals surface area (Å²) in [6, 6.07) is 8.41. The van der Waals surface area contributed by atoms with Gasteiger partial charge in [-0.25, -0.2) is 0 Å². The number of benzene rings is 1. The smallest absolute Gasteiger partial charge is 0.253 e. The van der Waals surface area contributed by atoms with Gasteiger partial charge in [-0.05, 0) is 64.4 Å². The van der Waals surface area contributed by atoms with Gasteiger partial charge in [0.25, 0.3) is 5.91 Å². The molecule has 0 aliphatic carbocycles. The molecule has 1 aliphatic heterocycles. The van der Waals surface area contributed by atoms with Gasteiger partial charge >= 0.3 is 0 Å². The van der Waals surface area contributed by atoms with Crippen molar-refractivity contribution in [3.05, 3.63) is 29.8 Å². The first kappa shape index (κ1) is 15.8. The lowest BCUT2D eigenvalue weighted by Crippen LogP contribution is -2.30. The highest BCUT2D eigenvalue weighted by Gasteiger charge is 2.15. The second-order valence-electron chi connectivity index (χ2n) is 5.58. The first-order valence-corrected chi connectivity index (χ1v) is 8.11. The van der Waals surface area contributed by atoms with E-state index >= 15 is 0 Å². The number of hydrogen-bond donors (Lipinski definition) is 2. The average Bonchev–Trinajstić information content (AvgIpc) is 2.77. The van der Waals surface area contributed by atoms with Gasteiger partial charge in [0, 0.05) is 30.4 Å². The molecular weight excluding hydrogens is 262 g/mol. The van der Waals surface area contributed by atoms with Crippen LogP contribution in [0.4, 0.5) is 5.69 Å². The average molecular weight is 289 g/mol. The first-order valence-electron chi connectivity index (χ1n) is 8.11. The minimum absolute atomic E-state index is 0.117. The zero-order chi connectivity index (χ0) is 15.1. The van der Waals surface area contributed by atoms with Crippen molar-refractivity contribution in [2.45, 2.75) is 39.2 Å². The van der Waals surface area contributed by atoms with Crippen LogP contribution in [0, 0.1) is 0 Å². The Morgan fingerprint density at radius 1 is 1.29 bits per heavy atom. The molecule has 1 fully saturated rings.